The molecule has 0 aliphatic heterocycles. The van der Waals surface area contributed by atoms with Crippen LogP contribution >= 0.6 is 0 Å². The van der Waals surface area contributed by atoms with Crippen LogP contribution in [0, 0.1) is 13.8 Å². The summed E-state index contributed by atoms with van der Waals surface area (Å²) in [5.41, 5.74) is 1.28. The summed E-state index contributed by atoms with van der Waals surface area (Å²) in [6, 6.07) is 0. The maximum atomic E-state index is 10.6. The van der Waals surface area contributed by atoms with E-state index in [1.807, 2.05) is 13.8 Å². The highest BCUT2D eigenvalue weighted by Gasteiger charge is 2.12. The van der Waals surface area contributed by atoms with E-state index in [9.17, 15) is 4.79 Å². The van der Waals surface area contributed by atoms with Crippen molar-refractivity contribution >= 4 is 6.29 Å². The average molecular weight is 206 g/mol. The lowest BCUT2D eigenvalue weighted by Gasteiger charge is -1.90. The lowest BCUT2D eigenvalue weighted by atomic mass is 10.2. The number of aldehydes is 1. The molecule has 0 saturated heterocycles. The van der Waals surface area contributed by atoms with E-state index in [1.54, 1.807) is 0 Å². The molecule has 5 heteroatoms. The van der Waals surface area contributed by atoms with Crippen molar-refractivity contribution in [1.82, 2.24) is 10.1 Å². The van der Waals surface area contributed by atoms with E-state index >= 15 is 0 Å². The van der Waals surface area contributed by atoms with Gasteiger partial charge in [-0.05, 0) is 13.8 Å². The van der Waals surface area contributed by atoms with Crippen LogP contribution in [-0.2, 0) is 6.42 Å². The fraction of sp³-hybridized carbons (Fsp3) is 0.300. The van der Waals surface area contributed by atoms with E-state index in [0.717, 1.165) is 11.5 Å². The van der Waals surface area contributed by atoms with Crippen LogP contribution in [0.15, 0.2) is 15.1 Å². The molecule has 15 heavy (non-hydrogen) atoms. The third kappa shape index (κ3) is 1.81. The molecule has 0 amide bonds. The first kappa shape index (κ1) is 9.64. The summed E-state index contributed by atoms with van der Waals surface area (Å²) < 4.78 is 10.3. The van der Waals surface area contributed by atoms with E-state index in [4.69, 9.17) is 8.94 Å². The Morgan fingerprint density at radius 3 is 2.87 bits per heavy atom. The van der Waals surface area contributed by atoms with Crippen molar-refractivity contribution in [3.63, 3.8) is 0 Å². The zero-order chi connectivity index (χ0) is 10.8. The maximum absolute atomic E-state index is 10.6. The minimum Gasteiger partial charge on any atom is -0.445 e. The Morgan fingerprint density at radius 1 is 1.47 bits per heavy atom. The molecule has 0 aromatic carbocycles. The van der Waals surface area contributed by atoms with Crippen LogP contribution in [-0.4, -0.2) is 16.4 Å². The van der Waals surface area contributed by atoms with Crippen molar-refractivity contribution in [2.24, 2.45) is 0 Å². The molecular weight excluding hydrogens is 196 g/mol. The van der Waals surface area contributed by atoms with Crippen molar-refractivity contribution in [3.8, 4) is 0 Å². The van der Waals surface area contributed by atoms with Gasteiger partial charge >= 0.3 is 0 Å². The molecule has 0 atom stereocenters. The van der Waals surface area contributed by atoms with Crippen LogP contribution in [0.4, 0.5) is 0 Å². The van der Waals surface area contributed by atoms with Gasteiger partial charge in [0, 0.05) is 0 Å². The lowest BCUT2D eigenvalue weighted by molar-refractivity contribution is 0.112. The Labute approximate surface area is 86.1 Å². The van der Waals surface area contributed by atoms with Crippen LogP contribution < -0.4 is 0 Å². The van der Waals surface area contributed by atoms with E-state index in [1.165, 1.54) is 6.20 Å². The summed E-state index contributed by atoms with van der Waals surface area (Å²) in [6.07, 6.45) is 2.43. The highest BCUT2D eigenvalue weighted by Crippen LogP contribution is 2.14. The maximum Gasteiger partial charge on any atom is 0.202 e. The Balaban J connectivity index is 2.25. The molecule has 0 spiro atoms. The minimum absolute atomic E-state index is 0.350. The zero-order valence-corrected chi connectivity index (χ0v) is 8.48. The molecule has 0 aliphatic rings. The van der Waals surface area contributed by atoms with Crippen LogP contribution in [0.2, 0.25) is 0 Å². The average Bonchev–Trinajstić information content (AvgIpc) is 2.75. The van der Waals surface area contributed by atoms with Gasteiger partial charge < -0.3 is 8.94 Å². The molecule has 78 valence electrons. The number of nitrogens with zero attached hydrogens (tertiary/aromatic N) is 2. The predicted octanol–water partition coefficient (Wildman–Crippen LogP) is 1.68. The van der Waals surface area contributed by atoms with Gasteiger partial charge in [0.15, 0.2) is 12.0 Å². The third-order valence-corrected chi connectivity index (χ3v) is 2.19. The summed E-state index contributed by atoms with van der Waals surface area (Å²) in [6.45, 7) is 3.70. The minimum atomic E-state index is 0.350. The quantitative estimate of drug-likeness (QED) is 0.714. The fourth-order valence-corrected chi connectivity index (χ4v) is 1.25. The van der Waals surface area contributed by atoms with Gasteiger partial charge in [-0.15, -0.1) is 0 Å². The van der Waals surface area contributed by atoms with Gasteiger partial charge in [0.25, 0.3) is 0 Å². The molecule has 0 bridgehead atoms. The standard InChI is InChI=1S/C10H10N2O3/c1-6-7(2)14-10(12-6)3-9-8(5-13)4-11-15-9/h4-5H,3H2,1-2H3. The second-order valence-corrected chi connectivity index (χ2v) is 3.25. The smallest absolute Gasteiger partial charge is 0.202 e. The highest BCUT2D eigenvalue weighted by atomic mass is 16.5. The van der Waals surface area contributed by atoms with Crippen molar-refractivity contribution in [2.45, 2.75) is 20.3 Å². The molecule has 0 radical (unpaired) electrons. The molecule has 2 rings (SSSR count). The Morgan fingerprint density at radius 2 is 2.27 bits per heavy atom. The molecule has 0 N–H and O–H groups in total. The Kier molecular flexibility index (Phi) is 2.37. The molecule has 5 nitrogen and oxygen atoms in total. The van der Waals surface area contributed by atoms with Crippen molar-refractivity contribution in [2.75, 3.05) is 0 Å². The second kappa shape index (κ2) is 3.68. The van der Waals surface area contributed by atoms with Gasteiger partial charge in [0.1, 0.15) is 5.76 Å². The largest absolute Gasteiger partial charge is 0.445 e. The van der Waals surface area contributed by atoms with Crippen LogP contribution in [0.1, 0.15) is 33.5 Å². The summed E-state index contributed by atoms with van der Waals surface area (Å²) >= 11 is 0. The molecule has 0 unspecified atom stereocenters. The van der Waals surface area contributed by atoms with E-state index in [2.05, 4.69) is 10.1 Å². The molecule has 2 heterocycles. The second-order valence-electron chi connectivity index (χ2n) is 3.25. The topological polar surface area (TPSA) is 69.1 Å². The van der Waals surface area contributed by atoms with Crippen LogP contribution in [0.5, 0.6) is 0 Å². The van der Waals surface area contributed by atoms with Gasteiger partial charge in [-0.2, -0.15) is 0 Å². The Hall–Kier alpha value is -1.91. The van der Waals surface area contributed by atoms with Crippen LogP contribution in [0.25, 0.3) is 0 Å². The van der Waals surface area contributed by atoms with Gasteiger partial charge in [0.05, 0.1) is 23.9 Å². The first-order chi connectivity index (χ1) is 7.20. The predicted molar refractivity (Wildman–Crippen MR) is 50.7 cm³/mol. The normalized spacial score (nSPS) is 10.5. The summed E-state index contributed by atoms with van der Waals surface area (Å²) in [4.78, 5) is 14.8. The fourth-order valence-electron chi connectivity index (χ4n) is 1.25. The number of aromatic nitrogens is 2. The van der Waals surface area contributed by atoms with Gasteiger partial charge in [-0.25, -0.2) is 4.98 Å². The van der Waals surface area contributed by atoms with Crippen molar-refractivity contribution in [3.05, 3.63) is 34.9 Å². The number of rotatable bonds is 3. The summed E-state index contributed by atoms with van der Waals surface area (Å²) in [5, 5.41) is 3.54. The van der Waals surface area contributed by atoms with E-state index in [0.29, 0.717) is 29.9 Å². The van der Waals surface area contributed by atoms with Crippen molar-refractivity contribution in [1.29, 1.82) is 0 Å². The molecule has 0 fully saturated rings. The van der Waals surface area contributed by atoms with Crippen LogP contribution in [0.3, 0.4) is 0 Å². The number of hydrogen-bond acceptors (Lipinski definition) is 5. The van der Waals surface area contributed by atoms with Gasteiger partial charge in [0.2, 0.25) is 5.89 Å². The number of carbonyl (C=O) groups excluding carboxylic acids is 1. The van der Waals surface area contributed by atoms with Gasteiger partial charge in [-0.1, -0.05) is 5.16 Å². The molecular formula is C10H10N2O3. The summed E-state index contributed by atoms with van der Waals surface area (Å²) in [5.74, 6) is 1.79. The summed E-state index contributed by atoms with van der Waals surface area (Å²) in [7, 11) is 0. The molecule has 0 aliphatic carbocycles. The Bertz CT molecular complexity index is 465. The lowest BCUT2D eigenvalue weighted by Crippen LogP contribution is -1.90. The monoisotopic (exact) mass is 206 g/mol. The molecule has 0 saturated carbocycles. The number of aryl methyl sites for hydroxylation is 2. The van der Waals surface area contributed by atoms with E-state index in [-0.39, 0.29) is 0 Å². The number of hydrogen-bond donors (Lipinski definition) is 0. The number of oxazole rings is 1. The first-order valence-electron chi connectivity index (χ1n) is 4.52. The molecule has 2 aromatic heterocycles. The zero-order valence-electron chi connectivity index (χ0n) is 8.48. The number of carbonyl (C=O) groups is 1. The first-order valence-corrected chi connectivity index (χ1v) is 4.52. The van der Waals surface area contributed by atoms with Crippen molar-refractivity contribution < 1.29 is 13.7 Å². The van der Waals surface area contributed by atoms with E-state index < -0.39 is 0 Å². The molecule has 2 aromatic rings. The highest BCUT2D eigenvalue weighted by molar-refractivity contribution is 5.75. The third-order valence-electron chi connectivity index (χ3n) is 2.19. The SMILES string of the molecule is Cc1nc(Cc2oncc2C=O)oc1C. The van der Waals surface area contributed by atoms with Gasteiger partial charge in [-0.3, -0.25) is 4.79 Å².